The monoisotopic (exact) mass is 244 g/mol. The molecule has 18 heavy (non-hydrogen) atoms. The second-order valence-corrected chi connectivity index (χ2v) is 4.59. The van der Waals surface area contributed by atoms with Crippen molar-refractivity contribution in [1.29, 1.82) is 0 Å². The van der Waals surface area contributed by atoms with Gasteiger partial charge in [0.2, 0.25) is 0 Å². The molecule has 1 atom stereocenters. The summed E-state index contributed by atoms with van der Waals surface area (Å²) < 4.78 is 4.60. The lowest BCUT2D eigenvalue weighted by molar-refractivity contribution is -0.145. The third-order valence-corrected chi connectivity index (χ3v) is 3.09. The summed E-state index contributed by atoms with van der Waals surface area (Å²) in [4.78, 5) is 11.3. The van der Waals surface area contributed by atoms with Crippen LogP contribution in [0.1, 0.15) is 18.9 Å². The van der Waals surface area contributed by atoms with E-state index in [1.165, 1.54) is 7.11 Å². The molecule has 0 aromatic heterocycles. The Bertz CT molecular complexity index is 573. The van der Waals surface area contributed by atoms with Crippen molar-refractivity contribution < 1.29 is 14.6 Å². The van der Waals surface area contributed by atoms with Crippen LogP contribution in [0.3, 0.4) is 0 Å². The molecule has 3 nitrogen and oxygen atoms in total. The van der Waals surface area contributed by atoms with Crippen LogP contribution in [0.15, 0.2) is 42.5 Å². The molecule has 0 aliphatic heterocycles. The third kappa shape index (κ3) is 2.51. The zero-order valence-electron chi connectivity index (χ0n) is 10.5. The second kappa shape index (κ2) is 4.78. The Labute approximate surface area is 106 Å². The molecular weight excluding hydrogens is 228 g/mol. The smallest absolute Gasteiger partial charge is 0.308 e. The fourth-order valence-corrected chi connectivity index (χ4v) is 1.98. The number of benzene rings is 2. The van der Waals surface area contributed by atoms with Crippen LogP contribution in [0.2, 0.25) is 0 Å². The van der Waals surface area contributed by atoms with E-state index in [0.717, 1.165) is 10.8 Å². The van der Waals surface area contributed by atoms with E-state index < -0.39 is 11.6 Å². The van der Waals surface area contributed by atoms with E-state index in [-0.39, 0.29) is 6.42 Å². The van der Waals surface area contributed by atoms with E-state index in [1.807, 2.05) is 42.5 Å². The van der Waals surface area contributed by atoms with Crippen molar-refractivity contribution in [3.63, 3.8) is 0 Å². The van der Waals surface area contributed by atoms with Crippen molar-refractivity contribution in [3.05, 3.63) is 48.0 Å². The largest absolute Gasteiger partial charge is 0.469 e. The molecule has 2 rings (SSSR count). The van der Waals surface area contributed by atoms with E-state index in [9.17, 15) is 9.90 Å². The number of hydrogen-bond donors (Lipinski definition) is 1. The molecule has 0 amide bonds. The van der Waals surface area contributed by atoms with Gasteiger partial charge in [0.1, 0.15) is 0 Å². The van der Waals surface area contributed by atoms with Crippen LogP contribution in [0.5, 0.6) is 0 Å². The van der Waals surface area contributed by atoms with Crippen LogP contribution in [-0.4, -0.2) is 18.2 Å². The Hall–Kier alpha value is -1.87. The number of methoxy groups -OCH3 is 1. The number of rotatable bonds is 3. The van der Waals surface area contributed by atoms with E-state index in [4.69, 9.17) is 0 Å². The Morgan fingerprint density at radius 2 is 1.89 bits per heavy atom. The van der Waals surface area contributed by atoms with Crippen molar-refractivity contribution in [1.82, 2.24) is 0 Å². The molecule has 0 saturated carbocycles. The molecule has 0 heterocycles. The van der Waals surface area contributed by atoms with E-state index in [0.29, 0.717) is 5.56 Å². The molecule has 3 heteroatoms. The number of carbonyl (C=O) groups excluding carboxylic acids is 1. The van der Waals surface area contributed by atoms with Gasteiger partial charge < -0.3 is 9.84 Å². The summed E-state index contributed by atoms with van der Waals surface area (Å²) in [6.07, 6.45) is -0.0537. The quantitative estimate of drug-likeness (QED) is 0.844. The first kappa shape index (κ1) is 12.6. The van der Waals surface area contributed by atoms with Gasteiger partial charge in [0.05, 0.1) is 19.1 Å². The van der Waals surface area contributed by atoms with Crippen LogP contribution >= 0.6 is 0 Å². The SMILES string of the molecule is COC(=O)C[C@](C)(O)c1ccc2ccccc2c1. The molecule has 0 unspecified atom stereocenters. The van der Waals surface area contributed by atoms with Gasteiger partial charge in [-0.25, -0.2) is 0 Å². The Kier molecular flexibility index (Phi) is 3.34. The first-order chi connectivity index (χ1) is 8.53. The Balaban J connectivity index is 2.37. The number of esters is 1. The standard InChI is InChI=1S/C15H16O3/c1-15(17,10-14(16)18-2)13-8-7-11-5-3-4-6-12(11)9-13/h3-9,17H,10H2,1-2H3/t15-/m0/s1. The number of fused-ring (bicyclic) bond motifs is 1. The van der Waals surface area contributed by atoms with Gasteiger partial charge >= 0.3 is 5.97 Å². The summed E-state index contributed by atoms with van der Waals surface area (Å²) in [5.41, 5.74) is -0.497. The maximum atomic E-state index is 11.3. The molecule has 2 aromatic rings. The van der Waals surface area contributed by atoms with Crippen molar-refractivity contribution in [2.45, 2.75) is 18.9 Å². The number of aliphatic hydroxyl groups is 1. The molecule has 0 bridgehead atoms. The average molecular weight is 244 g/mol. The molecule has 0 radical (unpaired) electrons. The fraction of sp³-hybridized carbons (Fsp3) is 0.267. The Morgan fingerprint density at radius 1 is 1.22 bits per heavy atom. The fourth-order valence-electron chi connectivity index (χ4n) is 1.98. The van der Waals surface area contributed by atoms with Crippen molar-refractivity contribution in [2.75, 3.05) is 7.11 Å². The minimum atomic E-state index is -1.21. The molecule has 0 fully saturated rings. The Morgan fingerprint density at radius 3 is 2.56 bits per heavy atom. The lowest BCUT2D eigenvalue weighted by Crippen LogP contribution is -2.25. The highest BCUT2D eigenvalue weighted by molar-refractivity contribution is 5.83. The average Bonchev–Trinajstić information content (AvgIpc) is 2.37. The third-order valence-electron chi connectivity index (χ3n) is 3.09. The molecule has 94 valence electrons. The van der Waals surface area contributed by atoms with Gasteiger partial charge in [-0.1, -0.05) is 36.4 Å². The molecule has 0 aliphatic carbocycles. The molecule has 0 spiro atoms. The maximum Gasteiger partial charge on any atom is 0.308 e. The highest BCUT2D eigenvalue weighted by Gasteiger charge is 2.27. The van der Waals surface area contributed by atoms with Crippen molar-refractivity contribution in [2.24, 2.45) is 0 Å². The number of carbonyl (C=O) groups is 1. The second-order valence-electron chi connectivity index (χ2n) is 4.59. The number of ether oxygens (including phenoxy) is 1. The summed E-state index contributed by atoms with van der Waals surface area (Å²) in [6.45, 7) is 1.62. The zero-order valence-corrected chi connectivity index (χ0v) is 10.5. The lowest BCUT2D eigenvalue weighted by atomic mass is 9.91. The van der Waals surface area contributed by atoms with Gasteiger partial charge in [-0.2, -0.15) is 0 Å². The summed E-state index contributed by atoms with van der Waals surface area (Å²) >= 11 is 0. The van der Waals surface area contributed by atoms with Gasteiger partial charge in [0.15, 0.2) is 0 Å². The predicted octanol–water partition coefficient (Wildman–Crippen LogP) is 2.61. The summed E-state index contributed by atoms with van der Waals surface area (Å²) in [5, 5.41) is 12.5. The minimum absolute atomic E-state index is 0.0537. The van der Waals surface area contributed by atoms with Crippen LogP contribution in [0.4, 0.5) is 0 Å². The van der Waals surface area contributed by atoms with Gasteiger partial charge in [0, 0.05) is 0 Å². The maximum absolute atomic E-state index is 11.3. The van der Waals surface area contributed by atoms with Gasteiger partial charge in [-0.3, -0.25) is 4.79 Å². The highest BCUT2D eigenvalue weighted by atomic mass is 16.5. The van der Waals surface area contributed by atoms with Gasteiger partial charge in [0.25, 0.3) is 0 Å². The molecule has 2 aromatic carbocycles. The molecule has 1 N–H and O–H groups in total. The molecule has 0 saturated heterocycles. The summed E-state index contributed by atoms with van der Waals surface area (Å²) in [5.74, 6) is -0.423. The van der Waals surface area contributed by atoms with Gasteiger partial charge in [-0.15, -0.1) is 0 Å². The van der Waals surface area contributed by atoms with Gasteiger partial charge in [-0.05, 0) is 29.3 Å². The molecule has 0 aliphatic rings. The first-order valence-corrected chi connectivity index (χ1v) is 5.81. The predicted molar refractivity (Wildman–Crippen MR) is 70.2 cm³/mol. The summed E-state index contributed by atoms with van der Waals surface area (Å²) in [6, 6.07) is 13.6. The van der Waals surface area contributed by atoms with Crippen LogP contribution in [0, 0.1) is 0 Å². The highest BCUT2D eigenvalue weighted by Crippen LogP contribution is 2.27. The minimum Gasteiger partial charge on any atom is -0.469 e. The van der Waals surface area contributed by atoms with E-state index in [2.05, 4.69) is 4.74 Å². The van der Waals surface area contributed by atoms with Crippen LogP contribution < -0.4 is 0 Å². The van der Waals surface area contributed by atoms with Crippen LogP contribution in [0.25, 0.3) is 10.8 Å². The van der Waals surface area contributed by atoms with Crippen molar-refractivity contribution in [3.8, 4) is 0 Å². The van der Waals surface area contributed by atoms with E-state index in [1.54, 1.807) is 6.92 Å². The van der Waals surface area contributed by atoms with E-state index >= 15 is 0 Å². The van der Waals surface area contributed by atoms with Crippen molar-refractivity contribution >= 4 is 16.7 Å². The summed E-state index contributed by atoms with van der Waals surface area (Å²) in [7, 11) is 1.32. The first-order valence-electron chi connectivity index (χ1n) is 5.81. The topological polar surface area (TPSA) is 46.5 Å². The normalized spacial score (nSPS) is 14.2. The number of hydrogen-bond acceptors (Lipinski definition) is 3. The lowest BCUT2D eigenvalue weighted by Gasteiger charge is -2.22. The van der Waals surface area contributed by atoms with Crippen LogP contribution in [-0.2, 0) is 15.1 Å². The molecular formula is C15H16O3. The zero-order chi connectivity index (χ0) is 13.2.